The lowest BCUT2D eigenvalue weighted by molar-refractivity contribution is 0.199. The van der Waals surface area contributed by atoms with Crippen LogP contribution in [0.2, 0.25) is 0 Å². The third kappa shape index (κ3) is 3.88. The molecule has 0 amide bonds. The fourth-order valence-electron chi connectivity index (χ4n) is 4.28. The monoisotopic (exact) mass is 435 g/mol. The van der Waals surface area contributed by atoms with Crippen molar-refractivity contribution >= 4 is 17.0 Å². The molecule has 1 aliphatic heterocycles. The van der Waals surface area contributed by atoms with Gasteiger partial charge in [-0.1, -0.05) is 12.1 Å². The van der Waals surface area contributed by atoms with E-state index in [2.05, 4.69) is 31.1 Å². The third-order valence-electron chi connectivity index (χ3n) is 5.86. The molecule has 0 atom stereocenters. The van der Waals surface area contributed by atoms with Gasteiger partial charge in [0.05, 0.1) is 25.5 Å². The van der Waals surface area contributed by atoms with Crippen LogP contribution in [0.15, 0.2) is 48.0 Å². The number of thiazole rings is 1. The lowest BCUT2D eigenvalue weighted by atomic mass is 9.96. The van der Waals surface area contributed by atoms with E-state index in [1.165, 1.54) is 0 Å². The third-order valence-corrected chi connectivity index (χ3v) is 6.79. The topological polar surface area (TPSA) is 64.8 Å². The van der Waals surface area contributed by atoms with Crippen molar-refractivity contribution in [3.8, 4) is 22.1 Å². The molecule has 1 aliphatic rings. The highest BCUT2D eigenvalue weighted by Gasteiger charge is 2.25. The Morgan fingerprint density at radius 1 is 1.03 bits per heavy atom. The van der Waals surface area contributed by atoms with Crippen LogP contribution in [0.3, 0.4) is 0 Å². The molecule has 0 N–H and O–H groups in total. The van der Waals surface area contributed by atoms with Crippen molar-refractivity contribution in [2.75, 3.05) is 27.3 Å². The Kier molecular flexibility index (Phi) is 5.57. The fraction of sp³-hybridized carbons (Fsp3) is 0.348. The standard InChI is InChI=1S/C23H25N5O2S/c1-29-19-7-5-6-18(21(19)30-2)23-24-17(15-31-23)14-27-12-9-16(10-13-27)22-26-25-20-8-3-4-11-28(20)22/h3-8,11,15-16H,9-10,12-14H2,1-2H3. The summed E-state index contributed by atoms with van der Waals surface area (Å²) in [6.45, 7) is 2.92. The van der Waals surface area contributed by atoms with E-state index >= 15 is 0 Å². The van der Waals surface area contributed by atoms with Crippen molar-refractivity contribution in [3.05, 3.63) is 59.5 Å². The molecule has 0 bridgehead atoms. The first kappa shape index (κ1) is 20.0. The summed E-state index contributed by atoms with van der Waals surface area (Å²) < 4.78 is 13.1. The Hall–Kier alpha value is -2.97. The Labute approximate surface area is 185 Å². The summed E-state index contributed by atoms with van der Waals surface area (Å²) in [4.78, 5) is 7.36. The number of aromatic nitrogens is 4. The highest BCUT2D eigenvalue weighted by Crippen LogP contribution is 2.39. The summed E-state index contributed by atoms with van der Waals surface area (Å²) in [5.41, 5.74) is 2.98. The number of piperidine rings is 1. The van der Waals surface area contributed by atoms with Gasteiger partial charge in [-0.15, -0.1) is 21.5 Å². The van der Waals surface area contributed by atoms with E-state index < -0.39 is 0 Å². The van der Waals surface area contributed by atoms with Crippen molar-refractivity contribution in [1.82, 2.24) is 24.5 Å². The molecular weight excluding hydrogens is 410 g/mol. The van der Waals surface area contributed by atoms with Gasteiger partial charge in [0.2, 0.25) is 0 Å². The molecule has 4 heterocycles. The maximum atomic E-state index is 5.58. The zero-order chi connectivity index (χ0) is 21.2. The predicted octanol–water partition coefficient (Wildman–Crippen LogP) is 4.25. The number of benzene rings is 1. The summed E-state index contributed by atoms with van der Waals surface area (Å²) >= 11 is 1.65. The first-order chi connectivity index (χ1) is 15.3. The average molecular weight is 436 g/mol. The summed E-state index contributed by atoms with van der Waals surface area (Å²) in [6, 6.07) is 11.9. The molecular formula is C23H25N5O2S. The number of ether oxygens (including phenoxy) is 2. The Bertz CT molecular complexity index is 1180. The van der Waals surface area contributed by atoms with Crippen molar-refractivity contribution in [2.45, 2.75) is 25.3 Å². The van der Waals surface area contributed by atoms with E-state index in [-0.39, 0.29) is 0 Å². The van der Waals surface area contributed by atoms with Gasteiger partial charge >= 0.3 is 0 Å². The number of methoxy groups -OCH3 is 2. The highest BCUT2D eigenvalue weighted by molar-refractivity contribution is 7.13. The first-order valence-corrected chi connectivity index (χ1v) is 11.3. The number of rotatable bonds is 6. The van der Waals surface area contributed by atoms with Crippen LogP contribution >= 0.6 is 11.3 Å². The van der Waals surface area contributed by atoms with Crippen LogP contribution in [-0.2, 0) is 6.54 Å². The molecule has 4 aromatic rings. The van der Waals surface area contributed by atoms with Gasteiger partial charge in [0.15, 0.2) is 17.1 Å². The van der Waals surface area contributed by atoms with Gasteiger partial charge in [-0.25, -0.2) is 4.98 Å². The number of fused-ring (bicyclic) bond motifs is 1. The molecule has 31 heavy (non-hydrogen) atoms. The highest BCUT2D eigenvalue weighted by atomic mass is 32.1. The van der Waals surface area contributed by atoms with Gasteiger partial charge in [-0.3, -0.25) is 9.30 Å². The summed E-state index contributed by atoms with van der Waals surface area (Å²) in [6.07, 6.45) is 4.22. The normalized spacial score (nSPS) is 15.4. The van der Waals surface area contributed by atoms with Crippen LogP contribution in [-0.4, -0.2) is 51.8 Å². The molecule has 3 aromatic heterocycles. The first-order valence-electron chi connectivity index (χ1n) is 10.4. The maximum Gasteiger partial charge on any atom is 0.170 e. The number of pyridine rings is 1. The molecule has 1 saturated heterocycles. The van der Waals surface area contributed by atoms with Gasteiger partial charge in [0, 0.05) is 24.0 Å². The Morgan fingerprint density at radius 2 is 1.90 bits per heavy atom. The second-order valence-corrected chi connectivity index (χ2v) is 8.58. The van der Waals surface area contributed by atoms with E-state index in [0.717, 1.165) is 71.7 Å². The molecule has 0 unspecified atom stereocenters. The zero-order valence-corrected chi connectivity index (χ0v) is 18.5. The number of nitrogens with zero attached hydrogens (tertiary/aromatic N) is 5. The molecule has 0 radical (unpaired) electrons. The quantitative estimate of drug-likeness (QED) is 0.451. The van der Waals surface area contributed by atoms with Crippen LogP contribution in [0.5, 0.6) is 11.5 Å². The molecule has 0 aliphatic carbocycles. The van der Waals surface area contributed by atoms with E-state index in [9.17, 15) is 0 Å². The summed E-state index contributed by atoms with van der Waals surface area (Å²) in [5.74, 6) is 2.98. The van der Waals surface area contributed by atoms with Crippen LogP contribution < -0.4 is 9.47 Å². The molecule has 160 valence electrons. The molecule has 0 saturated carbocycles. The molecule has 5 rings (SSSR count). The predicted molar refractivity (Wildman–Crippen MR) is 121 cm³/mol. The SMILES string of the molecule is COc1cccc(-c2nc(CN3CCC(c4nnc5ccccn45)CC3)cs2)c1OC. The molecule has 8 heteroatoms. The summed E-state index contributed by atoms with van der Waals surface area (Å²) in [7, 11) is 3.32. The number of likely N-dealkylation sites (tertiary alicyclic amines) is 1. The second-order valence-electron chi connectivity index (χ2n) is 7.72. The van der Waals surface area contributed by atoms with Crippen molar-refractivity contribution in [3.63, 3.8) is 0 Å². The van der Waals surface area contributed by atoms with Crippen molar-refractivity contribution in [2.24, 2.45) is 0 Å². The van der Waals surface area contributed by atoms with Crippen LogP contribution in [0.4, 0.5) is 0 Å². The van der Waals surface area contributed by atoms with Gasteiger partial charge in [0.25, 0.3) is 0 Å². The summed E-state index contributed by atoms with van der Waals surface area (Å²) in [5, 5.41) is 11.9. The van der Waals surface area contributed by atoms with Crippen molar-refractivity contribution < 1.29 is 9.47 Å². The minimum absolute atomic E-state index is 0.445. The molecule has 7 nitrogen and oxygen atoms in total. The van der Waals surface area contributed by atoms with Gasteiger partial charge in [-0.05, 0) is 50.2 Å². The molecule has 1 fully saturated rings. The average Bonchev–Trinajstić information content (AvgIpc) is 3.46. The largest absolute Gasteiger partial charge is 0.493 e. The Morgan fingerprint density at radius 3 is 2.71 bits per heavy atom. The van der Waals surface area contributed by atoms with E-state index in [1.807, 2.05) is 36.4 Å². The van der Waals surface area contributed by atoms with Gasteiger partial charge < -0.3 is 9.47 Å². The van der Waals surface area contributed by atoms with E-state index in [1.54, 1.807) is 25.6 Å². The van der Waals surface area contributed by atoms with Gasteiger partial charge in [-0.2, -0.15) is 0 Å². The van der Waals surface area contributed by atoms with Crippen molar-refractivity contribution in [1.29, 1.82) is 0 Å². The molecule has 1 aromatic carbocycles. The number of para-hydroxylation sites is 1. The number of hydrogen-bond donors (Lipinski definition) is 0. The lowest BCUT2D eigenvalue weighted by Gasteiger charge is -2.30. The minimum atomic E-state index is 0.445. The number of hydrogen-bond acceptors (Lipinski definition) is 7. The minimum Gasteiger partial charge on any atom is -0.493 e. The Balaban J connectivity index is 1.25. The zero-order valence-electron chi connectivity index (χ0n) is 17.7. The van der Waals surface area contributed by atoms with Crippen LogP contribution in [0.1, 0.15) is 30.3 Å². The second kappa shape index (κ2) is 8.64. The lowest BCUT2D eigenvalue weighted by Crippen LogP contribution is -2.33. The van der Waals surface area contributed by atoms with E-state index in [4.69, 9.17) is 14.5 Å². The van der Waals surface area contributed by atoms with E-state index in [0.29, 0.717) is 5.92 Å². The van der Waals surface area contributed by atoms with Crippen LogP contribution in [0.25, 0.3) is 16.2 Å². The fourth-order valence-corrected chi connectivity index (χ4v) is 5.11. The molecule has 0 spiro atoms. The van der Waals surface area contributed by atoms with Crippen LogP contribution in [0, 0.1) is 0 Å². The smallest absolute Gasteiger partial charge is 0.170 e. The van der Waals surface area contributed by atoms with Gasteiger partial charge in [0.1, 0.15) is 10.8 Å². The maximum absolute atomic E-state index is 5.58.